The third-order valence-electron chi connectivity index (χ3n) is 5.31. The van der Waals surface area contributed by atoms with E-state index in [4.69, 9.17) is 14.2 Å². The molecule has 0 aromatic heterocycles. The Bertz CT molecular complexity index is 675. The van der Waals surface area contributed by atoms with Crippen LogP contribution in [0.15, 0.2) is 23.7 Å². The molecule has 28 heavy (non-hydrogen) atoms. The molecule has 12 heteroatoms. The topological polar surface area (TPSA) is 207 Å². The van der Waals surface area contributed by atoms with Gasteiger partial charge in [0.1, 0.15) is 30.2 Å². The highest BCUT2D eigenvalue weighted by Crippen LogP contribution is 2.48. The zero-order chi connectivity index (χ0) is 20.8. The fourth-order valence-electron chi connectivity index (χ4n) is 3.68. The van der Waals surface area contributed by atoms with Gasteiger partial charge in [0, 0.05) is 5.92 Å². The van der Waals surface area contributed by atoms with Gasteiger partial charge in [0.15, 0.2) is 11.9 Å². The van der Waals surface area contributed by atoms with Crippen LogP contribution in [0.2, 0.25) is 0 Å². The Morgan fingerprint density at radius 1 is 1.14 bits per heavy atom. The molecule has 0 saturated carbocycles. The first-order valence-corrected chi connectivity index (χ1v) is 8.45. The van der Waals surface area contributed by atoms with E-state index >= 15 is 0 Å². The number of carboxylic acids is 1. The van der Waals surface area contributed by atoms with E-state index < -0.39 is 79.4 Å². The van der Waals surface area contributed by atoms with Crippen LogP contribution in [0.25, 0.3) is 0 Å². The van der Waals surface area contributed by atoms with E-state index in [9.17, 15) is 45.6 Å². The predicted octanol–water partition coefficient (Wildman–Crippen LogP) is -3.46. The van der Waals surface area contributed by atoms with Crippen LogP contribution < -0.4 is 0 Å². The molecule has 0 aromatic carbocycles. The maximum Gasteiger partial charge on any atom is 0.335 e. The van der Waals surface area contributed by atoms with Gasteiger partial charge < -0.3 is 55.1 Å². The number of allylic oxidation sites excluding steroid dienone is 1. The number of hydrogen-bond acceptors (Lipinski definition) is 11. The predicted molar refractivity (Wildman–Crippen MR) is 85.2 cm³/mol. The van der Waals surface area contributed by atoms with Gasteiger partial charge in [-0.15, -0.1) is 0 Å². The summed E-state index contributed by atoms with van der Waals surface area (Å²) in [5, 5.41) is 78.5. The first-order valence-electron chi connectivity index (χ1n) is 8.45. The number of carboxylic acid groups (broad SMARTS) is 1. The molecule has 1 aliphatic carbocycles. The molecule has 158 valence electrons. The summed E-state index contributed by atoms with van der Waals surface area (Å²) in [4.78, 5) is 11.4. The van der Waals surface area contributed by atoms with Crippen molar-refractivity contribution < 1.29 is 59.9 Å². The van der Waals surface area contributed by atoms with Crippen molar-refractivity contribution in [3.8, 4) is 0 Å². The fraction of sp³-hybridized carbons (Fsp3) is 0.688. The molecule has 0 radical (unpaired) electrons. The molecule has 2 aliphatic heterocycles. The normalized spacial score (nSPS) is 45.6. The summed E-state index contributed by atoms with van der Waals surface area (Å²) in [6, 6.07) is 0. The maximum absolute atomic E-state index is 11.4. The van der Waals surface area contributed by atoms with Gasteiger partial charge in [0.25, 0.3) is 0 Å². The molecule has 0 amide bonds. The minimum atomic E-state index is -2.29. The van der Waals surface area contributed by atoms with Crippen LogP contribution in [-0.2, 0) is 19.0 Å². The summed E-state index contributed by atoms with van der Waals surface area (Å²) >= 11 is 0. The molecule has 0 aromatic rings. The minimum Gasteiger partial charge on any atom is -0.509 e. The summed E-state index contributed by atoms with van der Waals surface area (Å²) in [5.74, 6) is -4.49. The highest BCUT2D eigenvalue weighted by Gasteiger charge is 2.59. The second-order valence-electron chi connectivity index (χ2n) is 6.90. The van der Waals surface area contributed by atoms with Crippen molar-refractivity contribution in [1.29, 1.82) is 0 Å². The lowest BCUT2D eigenvalue weighted by molar-refractivity contribution is -0.347. The molecular formula is C16H22O12. The Labute approximate surface area is 158 Å². The van der Waals surface area contributed by atoms with E-state index in [0.29, 0.717) is 0 Å². The summed E-state index contributed by atoms with van der Waals surface area (Å²) in [7, 11) is 0. The van der Waals surface area contributed by atoms with Crippen LogP contribution >= 0.6 is 0 Å². The zero-order valence-electron chi connectivity index (χ0n) is 14.4. The van der Waals surface area contributed by atoms with Gasteiger partial charge in [0.2, 0.25) is 6.29 Å². The summed E-state index contributed by atoms with van der Waals surface area (Å²) in [6.07, 6.45) is -7.65. The Kier molecular flexibility index (Phi) is 5.67. The molecule has 8 N–H and O–H groups in total. The Morgan fingerprint density at radius 2 is 1.82 bits per heavy atom. The van der Waals surface area contributed by atoms with Crippen molar-refractivity contribution in [2.75, 3.05) is 13.2 Å². The average molecular weight is 406 g/mol. The highest BCUT2D eigenvalue weighted by molar-refractivity contribution is 5.88. The number of hydrogen-bond donors (Lipinski definition) is 8. The van der Waals surface area contributed by atoms with Crippen molar-refractivity contribution >= 4 is 5.97 Å². The highest BCUT2D eigenvalue weighted by atomic mass is 16.8. The lowest BCUT2D eigenvalue weighted by Crippen LogP contribution is -2.61. The zero-order valence-corrected chi connectivity index (χ0v) is 14.4. The van der Waals surface area contributed by atoms with Crippen LogP contribution in [0.4, 0.5) is 0 Å². The SMILES string of the molecule is O=C(O)C1=COC(OC2OC(CO)C(O)C(O)C2O)C2C1C=C(O)C2(O)CO. The molecule has 1 fully saturated rings. The lowest BCUT2D eigenvalue weighted by atomic mass is 9.79. The van der Waals surface area contributed by atoms with Gasteiger partial charge in [0.05, 0.1) is 31.0 Å². The van der Waals surface area contributed by atoms with E-state index in [0.717, 1.165) is 12.3 Å². The van der Waals surface area contributed by atoms with Crippen LogP contribution in [0, 0.1) is 11.8 Å². The summed E-state index contributed by atoms with van der Waals surface area (Å²) in [6.45, 7) is -1.68. The van der Waals surface area contributed by atoms with Gasteiger partial charge in [-0.05, 0) is 6.08 Å². The van der Waals surface area contributed by atoms with E-state index in [1.807, 2.05) is 0 Å². The third kappa shape index (κ3) is 3.17. The molecule has 1 saturated heterocycles. The molecule has 9 atom stereocenters. The molecule has 9 unspecified atom stereocenters. The largest absolute Gasteiger partial charge is 0.509 e. The Hall–Kier alpha value is -1.77. The van der Waals surface area contributed by atoms with Crippen LogP contribution in [0.3, 0.4) is 0 Å². The smallest absolute Gasteiger partial charge is 0.335 e. The Balaban J connectivity index is 1.88. The molecule has 0 spiro atoms. The van der Waals surface area contributed by atoms with Crippen LogP contribution in [-0.4, -0.2) is 103 Å². The monoisotopic (exact) mass is 406 g/mol. The first-order chi connectivity index (χ1) is 13.2. The van der Waals surface area contributed by atoms with Crippen molar-refractivity contribution in [3.63, 3.8) is 0 Å². The van der Waals surface area contributed by atoms with Crippen LogP contribution in [0.1, 0.15) is 0 Å². The third-order valence-corrected chi connectivity index (χ3v) is 5.31. The molecule has 3 rings (SSSR count). The van der Waals surface area contributed by atoms with E-state index in [2.05, 4.69) is 0 Å². The number of aliphatic hydroxyl groups excluding tert-OH is 6. The number of aliphatic hydroxyl groups is 7. The summed E-state index contributed by atoms with van der Waals surface area (Å²) in [5.41, 5.74) is -2.60. The van der Waals surface area contributed by atoms with Gasteiger partial charge in [-0.3, -0.25) is 0 Å². The minimum absolute atomic E-state index is 0.311. The van der Waals surface area contributed by atoms with Gasteiger partial charge >= 0.3 is 5.97 Å². The Morgan fingerprint density at radius 3 is 2.39 bits per heavy atom. The van der Waals surface area contributed by atoms with Gasteiger partial charge in [-0.25, -0.2) is 4.79 Å². The van der Waals surface area contributed by atoms with Gasteiger partial charge in [-0.2, -0.15) is 0 Å². The quantitative estimate of drug-likeness (QED) is 0.224. The molecular weight excluding hydrogens is 384 g/mol. The standard InChI is InChI=1S/C16H22O12/c17-2-7-10(20)11(21)12(22)15(27-7)28-14-9-5(6(3-26-14)13(23)24)1-8(19)16(9,25)4-18/h1,3,5,7,9-12,14-15,17-22,25H,2,4H2,(H,23,24). The van der Waals surface area contributed by atoms with Crippen molar-refractivity contribution in [3.05, 3.63) is 23.7 Å². The number of aliphatic carboxylic acids is 1. The number of fused-ring (bicyclic) bond motifs is 1. The average Bonchev–Trinajstić information content (AvgIpc) is 2.93. The second-order valence-corrected chi connectivity index (χ2v) is 6.90. The van der Waals surface area contributed by atoms with E-state index in [-0.39, 0.29) is 5.57 Å². The van der Waals surface area contributed by atoms with Crippen molar-refractivity contribution in [2.24, 2.45) is 11.8 Å². The van der Waals surface area contributed by atoms with Gasteiger partial charge in [-0.1, -0.05) is 0 Å². The molecule has 3 aliphatic rings. The molecule has 12 nitrogen and oxygen atoms in total. The number of ether oxygens (including phenoxy) is 3. The van der Waals surface area contributed by atoms with Crippen molar-refractivity contribution in [2.45, 2.75) is 42.6 Å². The maximum atomic E-state index is 11.4. The first kappa shape index (κ1) is 21.0. The summed E-state index contributed by atoms with van der Waals surface area (Å²) < 4.78 is 15.9. The van der Waals surface area contributed by atoms with E-state index in [1.165, 1.54) is 0 Å². The second kappa shape index (κ2) is 7.57. The molecule has 2 heterocycles. The number of carbonyl (C=O) groups is 1. The van der Waals surface area contributed by atoms with Crippen LogP contribution in [0.5, 0.6) is 0 Å². The van der Waals surface area contributed by atoms with Crippen molar-refractivity contribution in [1.82, 2.24) is 0 Å². The van der Waals surface area contributed by atoms with E-state index in [1.54, 1.807) is 0 Å². The fourth-order valence-corrected chi connectivity index (χ4v) is 3.68. The lowest BCUT2D eigenvalue weighted by Gasteiger charge is -2.44. The molecule has 0 bridgehead atoms. The number of rotatable bonds is 5.